The molecule has 1 aromatic rings. The van der Waals surface area contributed by atoms with Crippen LogP contribution in [0.15, 0.2) is 24.3 Å². The molecule has 0 aromatic heterocycles. The first-order valence-electron chi connectivity index (χ1n) is 4.98. The second kappa shape index (κ2) is 5.39. The molecule has 0 amide bonds. The first-order valence-corrected chi connectivity index (χ1v) is 4.98. The summed E-state index contributed by atoms with van der Waals surface area (Å²) in [5, 5.41) is 0. The van der Waals surface area contributed by atoms with Crippen molar-refractivity contribution in [1.82, 2.24) is 0 Å². The van der Waals surface area contributed by atoms with Gasteiger partial charge in [-0.2, -0.15) is 0 Å². The van der Waals surface area contributed by atoms with Crippen molar-refractivity contribution in [3.8, 4) is 0 Å². The van der Waals surface area contributed by atoms with E-state index in [2.05, 4.69) is 4.74 Å². The van der Waals surface area contributed by atoms with E-state index in [1.807, 2.05) is 0 Å². The molecule has 0 aliphatic rings. The summed E-state index contributed by atoms with van der Waals surface area (Å²) in [7, 11) is 0. The zero-order chi connectivity index (χ0) is 12.1. The Bertz CT molecular complexity index is 401. The van der Waals surface area contributed by atoms with E-state index in [9.17, 15) is 14.0 Å². The monoisotopic (exact) mass is 224 g/mol. The zero-order valence-electron chi connectivity index (χ0n) is 9.20. The van der Waals surface area contributed by atoms with Gasteiger partial charge >= 0.3 is 5.97 Å². The Kier molecular flexibility index (Phi) is 4.17. The number of halogens is 1. The first kappa shape index (κ1) is 12.4. The molecule has 0 N–H and O–H groups in total. The van der Waals surface area contributed by atoms with Gasteiger partial charge in [0.1, 0.15) is 0 Å². The summed E-state index contributed by atoms with van der Waals surface area (Å²) in [6, 6.07) is 6.10. The van der Waals surface area contributed by atoms with E-state index in [-0.39, 0.29) is 23.5 Å². The van der Waals surface area contributed by atoms with E-state index < -0.39 is 12.1 Å². The van der Waals surface area contributed by atoms with Gasteiger partial charge in [-0.15, -0.1) is 0 Å². The van der Waals surface area contributed by atoms with Crippen LogP contribution in [0.3, 0.4) is 0 Å². The lowest BCUT2D eigenvalue weighted by Crippen LogP contribution is -2.14. The van der Waals surface area contributed by atoms with Crippen LogP contribution in [0.4, 0.5) is 4.39 Å². The Labute approximate surface area is 93.2 Å². The van der Waals surface area contributed by atoms with Gasteiger partial charge in [0.15, 0.2) is 5.78 Å². The molecule has 3 nitrogen and oxygen atoms in total. The summed E-state index contributed by atoms with van der Waals surface area (Å²) >= 11 is 0. The third-order valence-corrected chi connectivity index (χ3v) is 2.11. The summed E-state index contributed by atoms with van der Waals surface area (Å²) in [6.45, 7) is 3.04. The maximum Gasteiger partial charge on any atom is 0.345 e. The van der Waals surface area contributed by atoms with Crippen LogP contribution >= 0.6 is 0 Å². The Morgan fingerprint density at radius 3 is 2.56 bits per heavy atom. The number of alkyl halides is 1. The lowest BCUT2D eigenvalue weighted by Gasteiger charge is -2.10. The highest BCUT2D eigenvalue weighted by atomic mass is 19.1. The highest BCUT2D eigenvalue weighted by Crippen LogP contribution is 2.23. The fourth-order valence-corrected chi connectivity index (χ4v) is 1.38. The Hall–Kier alpha value is -1.71. The molecule has 0 heterocycles. The maximum absolute atomic E-state index is 13.7. The van der Waals surface area contributed by atoms with Crippen molar-refractivity contribution < 1.29 is 18.7 Å². The molecule has 1 atom stereocenters. The topological polar surface area (TPSA) is 43.4 Å². The molecule has 0 unspecified atom stereocenters. The molecule has 0 fully saturated rings. The normalized spacial score (nSPS) is 11.9. The summed E-state index contributed by atoms with van der Waals surface area (Å²) in [5.41, 5.74) is 0.275. The van der Waals surface area contributed by atoms with Crippen molar-refractivity contribution >= 4 is 11.8 Å². The molecule has 0 aliphatic carbocycles. The summed E-state index contributed by atoms with van der Waals surface area (Å²) < 4.78 is 18.3. The molecular weight excluding hydrogens is 211 g/mol. The molecule has 86 valence electrons. The van der Waals surface area contributed by atoms with Crippen molar-refractivity contribution in [3.05, 3.63) is 35.4 Å². The van der Waals surface area contributed by atoms with Gasteiger partial charge in [0.2, 0.25) is 6.17 Å². The number of esters is 1. The number of ether oxygens (including phenoxy) is 1. The number of rotatable bonds is 4. The van der Waals surface area contributed by atoms with Crippen LogP contribution < -0.4 is 0 Å². The van der Waals surface area contributed by atoms with E-state index in [1.165, 1.54) is 19.1 Å². The summed E-state index contributed by atoms with van der Waals surface area (Å²) in [4.78, 5) is 22.4. The molecule has 0 saturated heterocycles. The molecule has 0 aliphatic heterocycles. The fourth-order valence-electron chi connectivity index (χ4n) is 1.38. The number of carbonyl (C=O) groups is 2. The van der Waals surface area contributed by atoms with Crippen LogP contribution in [-0.4, -0.2) is 18.4 Å². The predicted molar refractivity (Wildman–Crippen MR) is 56.9 cm³/mol. The SMILES string of the molecule is CCOC(=O)[C@@H](F)c1ccccc1C(C)=O. The average molecular weight is 224 g/mol. The Morgan fingerprint density at radius 2 is 2.00 bits per heavy atom. The number of hydrogen-bond donors (Lipinski definition) is 0. The van der Waals surface area contributed by atoms with Gasteiger partial charge in [-0.1, -0.05) is 24.3 Å². The number of hydrogen-bond acceptors (Lipinski definition) is 3. The summed E-state index contributed by atoms with van der Waals surface area (Å²) in [5.74, 6) is -1.24. The van der Waals surface area contributed by atoms with Gasteiger partial charge in [0, 0.05) is 11.1 Å². The van der Waals surface area contributed by atoms with Crippen LogP contribution in [-0.2, 0) is 9.53 Å². The minimum atomic E-state index is -1.90. The van der Waals surface area contributed by atoms with Crippen LogP contribution in [0, 0.1) is 0 Å². The van der Waals surface area contributed by atoms with Crippen molar-refractivity contribution in [2.24, 2.45) is 0 Å². The second-order valence-corrected chi connectivity index (χ2v) is 3.26. The van der Waals surface area contributed by atoms with Crippen LogP contribution in [0.1, 0.15) is 35.9 Å². The molecule has 1 aromatic carbocycles. The van der Waals surface area contributed by atoms with E-state index in [4.69, 9.17) is 0 Å². The largest absolute Gasteiger partial charge is 0.464 e. The van der Waals surface area contributed by atoms with E-state index in [0.29, 0.717) is 0 Å². The number of benzene rings is 1. The van der Waals surface area contributed by atoms with Gasteiger partial charge in [-0.05, 0) is 13.8 Å². The third-order valence-electron chi connectivity index (χ3n) is 2.11. The number of ketones is 1. The van der Waals surface area contributed by atoms with Crippen molar-refractivity contribution in [1.29, 1.82) is 0 Å². The molecule has 0 saturated carbocycles. The minimum absolute atomic E-state index is 0.0634. The molecule has 4 heteroatoms. The Balaban J connectivity index is 3.03. The van der Waals surface area contributed by atoms with Crippen molar-refractivity contribution in [2.45, 2.75) is 20.0 Å². The lowest BCUT2D eigenvalue weighted by atomic mass is 10.0. The highest BCUT2D eigenvalue weighted by molar-refractivity contribution is 5.97. The third kappa shape index (κ3) is 2.66. The fraction of sp³-hybridized carbons (Fsp3) is 0.333. The second-order valence-electron chi connectivity index (χ2n) is 3.26. The van der Waals surface area contributed by atoms with Gasteiger partial charge < -0.3 is 4.74 Å². The van der Waals surface area contributed by atoms with Gasteiger partial charge in [-0.25, -0.2) is 9.18 Å². The van der Waals surface area contributed by atoms with E-state index >= 15 is 0 Å². The molecule has 1 rings (SSSR count). The highest BCUT2D eigenvalue weighted by Gasteiger charge is 2.24. The molecule has 0 bridgehead atoms. The zero-order valence-corrected chi connectivity index (χ0v) is 9.20. The maximum atomic E-state index is 13.7. The molecule has 0 spiro atoms. The van der Waals surface area contributed by atoms with Gasteiger partial charge in [-0.3, -0.25) is 4.79 Å². The van der Waals surface area contributed by atoms with Crippen LogP contribution in [0.2, 0.25) is 0 Å². The quantitative estimate of drug-likeness (QED) is 0.582. The standard InChI is InChI=1S/C12H13FO3/c1-3-16-12(15)11(13)10-7-5-4-6-9(10)8(2)14/h4-7,11H,3H2,1-2H3/t11-/m0/s1. The van der Waals surface area contributed by atoms with Crippen LogP contribution in [0.5, 0.6) is 0 Å². The van der Waals surface area contributed by atoms with Gasteiger partial charge in [0.05, 0.1) is 6.61 Å². The van der Waals surface area contributed by atoms with Crippen LogP contribution in [0.25, 0.3) is 0 Å². The first-order chi connectivity index (χ1) is 7.57. The summed E-state index contributed by atoms with van der Waals surface area (Å²) in [6.07, 6.45) is -1.90. The average Bonchev–Trinajstić information content (AvgIpc) is 2.28. The molecule has 16 heavy (non-hydrogen) atoms. The van der Waals surface area contributed by atoms with E-state index in [0.717, 1.165) is 0 Å². The smallest absolute Gasteiger partial charge is 0.345 e. The number of carbonyl (C=O) groups excluding carboxylic acids is 2. The molecular formula is C12H13FO3. The van der Waals surface area contributed by atoms with Gasteiger partial charge in [0.25, 0.3) is 0 Å². The molecule has 0 radical (unpaired) electrons. The number of Topliss-reactive ketones (excluding diaryl/α,β-unsaturated/α-hetero) is 1. The van der Waals surface area contributed by atoms with Crippen molar-refractivity contribution in [2.75, 3.05) is 6.61 Å². The lowest BCUT2D eigenvalue weighted by molar-refractivity contribution is -0.149. The predicted octanol–water partition coefficient (Wildman–Crippen LogP) is 2.46. The minimum Gasteiger partial charge on any atom is -0.464 e. The van der Waals surface area contributed by atoms with Crippen molar-refractivity contribution in [3.63, 3.8) is 0 Å². The van der Waals surface area contributed by atoms with E-state index in [1.54, 1.807) is 19.1 Å². The Morgan fingerprint density at radius 1 is 1.38 bits per heavy atom.